The molecule has 0 bridgehead atoms. The molecule has 0 aromatic heterocycles. The van der Waals surface area contributed by atoms with Gasteiger partial charge in [-0.25, -0.2) is 18.3 Å². The minimum Gasteiger partial charge on any atom is -0.229 e. The molecule has 1 aliphatic rings. The fourth-order valence-corrected chi connectivity index (χ4v) is 3.43. The van der Waals surface area contributed by atoms with E-state index < -0.39 is 20.0 Å². The van der Waals surface area contributed by atoms with Crippen LogP contribution in [0.5, 0.6) is 0 Å². The fraction of sp³-hybridized carbons (Fsp3) is 1.00. The molecule has 0 atom stereocenters. The van der Waals surface area contributed by atoms with Gasteiger partial charge in [-0.3, -0.25) is 0 Å². The zero-order valence-corrected chi connectivity index (χ0v) is 9.27. The first kappa shape index (κ1) is 11.9. The molecule has 0 amide bonds. The lowest BCUT2D eigenvalue weighted by atomic mass is 10.0. The number of rotatable bonds is 3. The standard InChI is InChI=1S/C6H14N2O4S2/c7-14(11,12)8-5-6-1-3-13(9,10)4-2-6/h6,8H,1-5H2,(H2,7,11,12). The van der Waals surface area contributed by atoms with E-state index in [1.54, 1.807) is 0 Å². The van der Waals surface area contributed by atoms with Gasteiger partial charge in [0, 0.05) is 6.54 Å². The van der Waals surface area contributed by atoms with Crippen molar-refractivity contribution in [2.24, 2.45) is 11.1 Å². The molecule has 0 radical (unpaired) electrons. The van der Waals surface area contributed by atoms with Crippen LogP contribution in [0.4, 0.5) is 0 Å². The summed E-state index contributed by atoms with van der Waals surface area (Å²) in [4.78, 5) is 0. The van der Waals surface area contributed by atoms with Gasteiger partial charge < -0.3 is 0 Å². The third-order valence-corrected chi connectivity index (χ3v) is 4.53. The molecular weight excluding hydrogens is 228 g/mol. The van der Waals surface area contributed by atoms with Crippen LogP contribution in [0.25, 0.3) is 0 Å². The third-order valence-electron chi connectivity index (χ3n) is 2.25. The quantitative estimate of drug-likeness (QED) is 0.635. The van der Waals surface area contributed by atoms with Crippen LogP contribution in [0.3, 0.4) is 0 Å². The number of nitrogens with one attached hydrogen (secondary N) is 1. The van der Waals surface area contributed by atoms with Crippen molar-refractivity contribution >= 4 is 20.0 Å². The molecule has 3 N–H and O–H groups in total. The fourth-order valence-electron chi connectivity index (χ4n) is 1.38. The van der Waals surface area contributed by atoms with Gasteiger partial charge in [-0.15, -0.1) is 0 Å². The molecule has 1 heterocycles. The van der Waals surface area contributed by atoms with Crippen molar-refractivity contribution in [3.8, 4) is 0 Å². The summed E-state index contributed by atoms with van der Waals surface area (Å²) in [7, 11) is -6.53. The first-order valence-electron chi connectivity index (χ1n) is 4.26. The van der Waals surface area contributed by atoms with Crippen molar-refractivity contribution in [1.29, 1.82) is 0 Å². The van der Waals surface area contributed by atoms with E-state index >= 15 is 0 Å². The Kier molecular flexibility index (Phi) is 3.51. The lowest BCUT2D eigenvalue weighted by Crippen LogP contribution is -2.37. The van der Waals surface area contributed by atoms with E-state index in [0.717, 1.165) is 0 Å². The predicted octanol–water partition coefficient (Wildman–Crippen LogP) is -1.40. The zero-order valence-electron chi connectivity index (χ0n) is 7.64. The molecule has 0 saturated carbocycles. The van der Waals surface area contributed by atoms with Gasteiger partial charge in [0.25, 0.3) is 10.2 Å². The minimum absolute atomic E-state index is 0.0804. The van der Waals surface area contributed by atoms with Gasteiger partial charge in [-0.2, -0.15) is 8.42 Å². The van der Waals surface area contributed by atoms with Crippen LogP contribution in [-0.2, 0) is 20.0 Å². The van der Waals surface area contributed by atoms with Crippen LogP contribution in [-0.4, -0.2) is 34.9 Å². The first-order valence-corrected chi connectivity index (χ1v) is 7.63. The molecule has 1 fully saturated rings. The number of hydrogen-bond donors (Lipinski definition) is 2. The largest absolute Gasteiger partial charge is 0.274 e. The van der Waals surface area contributed by atoms with Crippen LogP contribution < -0.4 is 9.86 Å². The summed E-state index contributed by atoms with van der Waals surface area (Å²) < 4.78 is 45.3. The summed E-state index contributed by atoms with van der Waals surface area (Å²) in [6.45, 7) is 0.231. The Morgan fingerprint density at radius 1 is 1.29 bits per heavy atom. The van der Waals surface area contributed by atoms with Gasteiger partial charge >= 0.3 is 0 Å². The molecular formula is C6H14N2O4S2. The van der Waals surface area contributed by atoms with E-state index in [4.69, 9.17) is 5.14 Å². The summed E-state index contributed by atoms with van der Waals surface area (Å²) in [6, 6.07) is 0. The highest BCUT2D eigenvalue weighted by atomic mass is 32.2. The van der Waals surface area contributed by atoms with Crippen LogP contribution in [0, 0.1) is 5.92 Å². The maximum Gasteiger partial charge on any atom is 0.274 e. The summed E-state index contributed by atoms with van der Waals surface area (Å²) in [6.07, 6.45) is 1.01. The van der Waals surface area contributed by atoms with Crippen molar-refractivity contribution in [2.45, 2.75) is 12.8 Å². The molecule has 0 aromatic rings. The van der Waals surface area contributed by atoms with Crippen LogP contribution in [0.1, 0.15) is 12.8 Å². The lowest BCUT2D eigenvalue weighted by Gasteiger charge is -2.21. The molecule has 84 valence electrons. The average Bonchev–Trinajstić information content (AvgIpc) is 2.01. The molecule has 1 rings (SSSR count). The molecule has 0 unspecified atom stereocenters. The smallest absolute Gasteiger partial charge is 0.229 e. The summed E-state index contributed by atoms with van der Waals surface area (Å²) >= 11 is 0. The Morgan fingerprint density at radius 2 is 1.79 bits per heavy atom. The van der Waals surface area contributed by atoms with Gasteiger partial charge in [-0.1, -0.05) is 0 Å². The van der Waals surface area contributed by atoms with Gasteiger partial charge in [0.15, 0.2) is 0 Å². The average molecular weight is 242 g/mol. The van der Waals surface area contributed by atoms with Crippen molar-refractivity contribution in [3.63, 3.8) is 0 Å². The summed E-state index contributed by atoms with van der Waals surface area (Å²) in [5.74, 6) is 0.366. The Morgan fingerprint density at radius 3 is 2.21 bits per heavy atom. The highest BCUT2D eigenvalue weighted by Crippen LogP contribution is 2.17. The van der Waals surface area contributed by atoms with E-state index in [-0.39, 0.29) is 24.0 Å². The minimum atomic E-state index is -3.65. The second-order valence-corrected chi connectivity index (χ2v) is 7.17. The third kappa shape index (κ3) is 4.36. The van der Waals surface area contributed by atoms with E-state index in [2.05, 4.69) is 4.72 Å². The van der Waals surface area contributed by atoms with E-state index in [1.807, 2.05) is 0 Å². The van der Waals surface area contributed by atoms with Crippen molar-refractivity contribution < 1.29 is 16.8 Å². The maximum absolute atomic E-state index is 11.0. The summed E-state index contributed by atoms with van der Waals surface area (Å²) in [5, 5.41) is 4.75. The Labute approximate surface area is 84.0 Å². The molecule has 0 aromatic carbocycles. The Bertz CT molecular complexity index is 372. The Hall–Kier alpha value is -0.180. The van der Waals surface area contributed by atoms with Gasteiger partial charge in [-0.05, 0) is 18.8 Å². The number of sulfone groups is 1. The molecule has 8 heteroatoms. The van der Waals surface area contributed by atoms with Gasteiger partial charge in [0.05, 0.1) is 11.5 Å². The van der Waals surface area contributed by atoms with E-state index in [0.29, 0.717) is 12.8 Å². The Balaban J connectivity index is 2.37. The van der Waals surface area contributed by atoms with Crippen molar-refractivity contribution in [1.82, 2.24) is 4.72 Å². The monoisotopic (exact) mass is 242 g/mol. The zero-order chi connectivity index (χ0) is 10.8. The second-order valence-electron chi connectivity index (χ2n) is 3.49. The number of nitrogens with two attached hydrogens (primary N) is 1. The normalized spacial score (nSPS) is 23.5. The molecule has 1 saturated heterocycles. The molecule has 14 heavy (non-hydrogen) atoms. The summed E-state index contributed by atoms with van der Waals surface area (Å²) in [5.41, 5.74) is 0. The predicted molar refractivity (Wildman–Crippen MR) is 52.5 cm³/mol. The maximum atomic E-state index is 11.0. The van der Waals surface area contributed by atoms with E-state index in [1.165, 1.54) is 0 Å². The molecule has 6 nitrogen and oxygen atoms in total. The van der Waals surface area contributed by atoms with Crippen LogP contribution in [0.15, 0.2) is 0 Å². The first-order chi connectivity index (χ1) is 6.29. The highest BCUT2D eigenvalue weighted by Gasteiger charge is 2.23. The van der Waals surface area contributed by atoms with Crippen LogP contribution in [0.2, 0.25) is 0 Å². The topological polar surface area (TPSA) is 106 Å². The highest BCUT2D eigenvalue weighted by molar-refractivity contribution is 7.91. The van der Waals surface area contributed by atoms with Crippen molar-refractivity contribution in [2.75, 3.05) is 18.1 Å². The van der Waals surface area contributed by atoms with Gasteiger partial charge in [0.2, 0.25) is 0 Å². The lowest BCUT2D eigenvalue weighted by molar-refractivity contribution is 0.457. The van der Waals surface area contributed by atoms with Crippen molar-refractivity contribution in [3.05, 3.63) is 0 Å². The SMILES string of the molecule is NS(=O)(=O)NCC1CCS(=O)(=O)CC1. The second kappa shape index (κ2) is 4.13. The van der Waals surface area contributed by atoms with Crippen LogP contribution >= 0.6 is 0 Å². The molecule has 0 aliphatic carbocycles. The van der Waals surface area contributed by atoms with Gasteiger partial charge in [0.1, 0.15) is 9.84 Å². The molecule has 0 spiro atoms. The van der Waals surface area contributed by atoms with E-state index in [9.17, 15) is 16.8 Å². The number of hydrogen-bond acceptors (Lipinski definition) is 4. The molecule has 1 aliphatic heterocycles.